The fourth-order valence-corrected chi connectivity index (χ4v) is 3.47. The first-order valence-electron chi connectivity index (χ1n) is 11.0. The molecule has 0 unspecified atom stereocenters. The number of amides is 1. The van der Waals surface area contributed by atoms with Crippen molar-refractivity contribution in [1.82, 2.24) is 20.1 Å². The molecule has 0 aliphatic heterocycles. The zero-order valence-electron chi connectivity index (χ0n) is 19.4. The Morgan fingerprint density at radius 2 is 1.47 bits per heavy atom. The van der Waals surface area contributed by atoms with Gasteiger partial charge in [-0.3, -0.25) is 4.79 Å². The number of carbonyl (C=O) groups excluding carboxylic acids is 1. The van der Waals surface area contributed by atoms with Crippen molar-refractivity contribution in [2.75, 3.05) is 34.2 Å². The number of phenols is 2. The van der Waals surface area contributed by atoms with Gasteiger partial charge in [0.05, 0.1) is 51.0 Å². The van der Waals surface area contributed by atoms with Crippen LogP contribution in [-0.2, 0) is 0 Å². The summed E-state index contributed by atoms with van der Waals surface area (Å²) in [4.78, 5) is 17.1. The number of phenolic OH excluding ortho intramolecular Hbond substituents is 2. The maximum atomic E-state index is 12.5. The topological polar surface area (TPSA) is 100 Å². The normalized spacial score (nSPS) is 11.4. The number of likely N-dealkylation sites (N-methyl/N-ethyl adjacent to an activating group) is 1. The molecule has 8 nitrogen and oxygen atoms in total. The van der Waals surface area contributed by atoms with E-state index in [9.17, 15) is 15.0 Å². The van der Waals surface area contributed by atoms with Gasteiger partial charge in [0.15, 0.2) is 11.6 Å². The molecule has 1 amide bonds. The van der Waals surface area contributed by atoms with Crippen LogP contribution in [0.15, 0.2) is 72.8 Å². The fraction of sp³-hybridized carbons (Fsp3) is 0.192. The fourth-order valence-electron chi connectivity index (χ4n) is 3.47. The van der Waals surface area contributed by atoms with Gasteiger partial charge in [0.2, 0.25) is 0 Å². The smallest absolute Gasteiger partial charge is 0.251 e. The van der Waals surface area contributed by atoms with Gasteiger partial charge in [0.1, 0.15) is 11.5 Å². The lowest BCUT2D eigenvalue weighted by atomic mass is 10.1. The molecule has 0 bridgehead atoms. The molecule has 0 fully saturated rings. The van der Waals surface area contributed by atoms with Gasteiger partial charge in [0.25, 0.3) is 5.91 Å². The van der Waals surface area contributed by atoms with E-state index < -0.39 is 0 Å². The van der Waals surface area contributed by atoms with Gasteiger partial charge < -0.3 is 20.0 Å². The minimum Gasteiger partial charge on any atom is -0.507 e. The van der Waals surface area contributed by atoms with Crippen molar-refractivity contribution in [3.63, 3.8) is 0 Å². The van der Waals surface area contributed by atoms with Gasteiger partial charge in [-0.05, 0) is 48.5 Å². The third kappa shape index (κ3) is 5.07. The Balaban J connectivity index is 1.69. The third-order valence-electron chi connectivity index (χ3n) is 5.34. The van der Waals surface area contributed by atoms with Crippen molar-refractivity contribution in [3.8, 4) is 40.0 Å². The molecule has 8 heteroatoms. The van der Waals surface area contributed by atoms with E-state index in [0.717, 1.165) is 11.0 Å². The molecular formula is C26H28N5O3+. The first kappa shape index (κ1) is 23.0. The average molecular weight is 459 g/mol. The van der Waals surface area contributed by atoms with Gasteiger partial charge in [-0.15, -0.1) is 5.10 Å². The molecule has 3 N–H and O–H groups in total. The lowest BCUT2D eigenvalue weighted by molar-refractivity contribution is -0.869. The van der Waals surface area contributed by atoms with Crippen LogP contribution in [0.3, 0.4) is 0 Å². The van der Waals surface area contributed by atoms with E-state index >= 15 is 0 Å². The summed E-state index contributed by atoms with van der Waals surface area (Å²) in [5.74, 6) is 0.710. The van der Waals surface area contributed by atoms with Crippen molar-refractivity contribution in [2.45, 2.75) is 0 Å². The molecule has 34 heavy (non-hydrogen) atoms. The molecule has 4 rings (SSSR count). The number of aromatic hydroxyl groups is 2. The molecule has 1 heterocycles. The Kier molecular flexibility index (Phi) is 6.34. The Hall–Kier alpha value is -4.17. The highest BCUT2D eigenvalue weighted by molar-refractivity contribution is 5.94. The Morgan fingerprint density at radius 1 is 0.882 bits per heavy atom. The van der Waals surface area contributed by atoms with Gasteiger partial charge in [-0.25, -0.2) is 9.67 Å². The number of benzene rings is 3. The van der Waals surface area contributed by atoms with Crippen LogP contribution in [0.5, 0.6) is 11.5 Å². The molecular weight excluding hydrogens is 430 g/mol. The van der Waals surface area contributed by atoms with E-state index in [1.807, 2.05) is 0 Å². The molecule has 4 aromatic rings. The van der Waals surface area contributed by atoms with E-state index in [4.69, 9.17) is 0 Å². The standard InChI is InChI=1S/C26H27N5O3/c1-31(2,3)17-16-27-26(34)18-12-14-19(15-13-18)30-25(21-9-5-7-11-23(21)33)28-24(29-30)20-8-4-6-10-22(20)32/h4-15H,16-17H2,1-3H3,(H2-,27,28,29,32,33,34)/p+1. The largest absolute Gasteiger partial charge is 0.507 e. The number of hydrogen-bond acceptors (Lipinski definition) is 5. The molecule has 0 saturated carbocycles. The average Bonchev–Trinajstić information content (AvgIpc) is 3.24. The summed E-state index contributed by atoms with van der Waals surface area (Å²) in [6, 6.07) is 20.7. The maximum Gasteiger partial charge on any atom is 0.251 e. The number of hydrogen-bond donors (Lipinski definition) is 3. The second-order valence-electron chi connectivity index (χ2n) is 9.02. The van der Waals surface area contributed by atoms with Crippen molar-refractivity contribution in [3.05, 3.63) is 78.4 Å². The van der Waals surface area contributed by atoms with Gasteiger partial charge in [-0.2, -0.15) is 0 Å². The number of aromatic nitrogens is 3. The Bertz CT molecular complexity index is 1310. The number of rotatable bonds is 7. The van der Waals surface area contributed by atoms with Crippen LogP contribution < -0.4 is 5.32 Å². The predicted molar refractivity (Wildman–Crippen MR) is 131 cm³/mol. The number of para-hydroxylation sites is 2. The Morgan fingerprint density at radius 3 is 2.06 bits per heavy atom. The lowest BCUT2D eigenvalue weighted by Crippen LogP contribution is -2.41. The quantitative estimate of drug-likeness (QED) is 0.368. The molecule has 174 valence electrons. The van der Waals surface area contributed by atoms with E-state index in [0.29, 0.717) is 40.6 Å². The van der Waals surface area contributed by atoms with E-state index in [1.165, 1.54) is 0 Å². The molecule has 0 spiro atoms. The molecule has 0 aliphatic rings. The predicted octanol–water partition coefficient (Wildman–Crippen LogP) is 3.45. The van der Waals surface area contributed by atoms with E-state index in [1.54, 1.807) is 77.5 Å². The van der Waals surface area contributed by atoms with Gasteiger partial charge >= 0.3 is 0 Å². The van der Waals surface area contributed by atoms with Gasteiger partial charge in [-0.1, -0.05) is 24.3 Å². The van der Waals surface area contributed by atoms with Crippen molar-refractivity contribution in [1.29, 1.82) is 0 Å². The zero-order chi connectivity index (χ0) is 24.3. The van der Waals surface area contributed by atoms with Crippen molar-refractivity contribution >= 4 is 5.91 Å². The minimum absolute atomic E-state index is 0.0596. The SMILES string of the molecule is C[N+](C)(C)CCNC(=O)c1ccc(-n2nc(-c3ccccc3O)nc2-c2ccccc2O)cc1. The van der Waals surface area contributed by atoms with Crippen LogP contribution in [0, 0.1) is 0 Å². The van der Waals surface area contributed by atoms with Crippen molar-refractivity contribution in [2.24, 2.45) is 0 Å². The van der Waals surface area contributed by atoms with E-state index in [2.05, 4.69) is 36.5 Å². The molecule has 0 radical (unpaired) electrons. The molecule has 3 aromatic carbocycles. The van der Waals surface area contributed by atoms with Crippen LogP contribution in [0.2, 0.25) is 0 Å². The van der Waals surface area contributed by atoms with Crippen LogP contribution in [0.1, 0.15) is 10.4 Å². The highest BCUT2D eigenvalue weighted by Gasteiger charge is 2.19. The summed E-state index contributed by atoms with van der Waals surface area (Å²) >= 11 is 0. The van der Waals surface area contributed by atoms with Crippen LogP contribution in [0.25, 0.3) is 28.5 Å². The van der Waals surface area contributed by atoms with Gasteiger partial charge in [0, 0.05) is 5.56 Å². The first-order valence-corrected chi connectivity index (χ1v) is 11.0. The highest BCUT2D eigenvalue weighted by Crippen LogP contribution is 2.33. The van der Waals surface area contributed by atoms with Crippen LogP contribution in [-0.4, -0.2) is 69.6 Å². The molecule has 0 atom stereocenters. The summed E-state index contributed by atoms with van der Waals surface area (Å²) in [5, 5.41) is 28.3. The highest BCUT2D eigenvalue weighted by atomic mass is 16.3. The summed E-state index contributed by atoms with van der Waals surface area (Å²) in [6.07, 6.45) is 0. The monoisotopic (exact) mass is 458 g/mol. The second kappa shape index (κ2) is 9.36. The lowest BCUT2D eigenvalue weighted by Gasteiger charge is -2.23. The first-order chi connectivity index (χ1) is 16.2. The number of nitrogens with zero attached hydrogens (tertiary/aromatic N) is 4. The zero-order valence-corrected chi connectivity index (χ0v) is 19.4. The maximum absolute atomic E-state index is 12.5. The van der Waals surface area contributed by atoms with E-state index in [-0.39, 0.29) is 17.4 Å². The second-order valence-corrected chi connectivity index (χ2v) is 9.02. The molecule has 0 saturated heterocycles. The summed E-state index contributed by atoms with van der Waals surface area (Å²) in [6.45, 7) is 1.40. The minimum atomic E-state index is -0.144. The molecule has 1 aromatic heterocycles. The Labute approximate surface area is 198 Å². The number of nitrogens with one attached hydrogen (secondary N) is 1. The summed E-state index contributed by atoms with van der Waals surface area (Å²) in [7, 11) is 6.22. The third-order valence-corrected chi connectivity index (χ3v) is 5.34. The van der Waals surface area contributed by atoms with Crippen LogP contribution in [0.4, 0.5) is 0 Å². The number of carbonyl (C=O) groups is 1. The summed E-state index contributed by atoms with van der Waals surface area (Å²) < 4.78 is 2.36. The van der Waals surface area contributed by atoms with Crippen molar-refractivity contribution < 1.29 is 19.5 Å². The summed E-state index contributed by atoms with van der Waals surface area (Å²) in [5.41, 5.74) is 2.18. The molecule has 0 aliphatic carbocycles. The number of quaternary nitrogens is 1. The van der Waals surface area contributed by atoms with Crippen LogP contribution >= 0.6 is 0 Å².